The molecule has 28 heavy (non-hydrogen) atoms. The molecule has 2 aromatic rings. The SMILES string of the molecule is Cc1ccc(C)c(NC(=O)N2CCC3(CC2)C(=O)NCN3c2ccccc2)c1. The Morgan fingerprint density at radius 2 is 1.79 bits per heavy atom. The number of para-hydroxylation sites is 1. The molecule has 0 atom stereocenters. The summed E-state index contributed by atoms with van der Waals surface area (Å²) in [5.74, 6) is 0.0611. The second kappa shape index (κ2) is 7.19. The number of benzene rings is 2. The van der Waals surface area contributed by atoms with Gasteiger partial charge >= 0.3 is 6.03 Å². The number of nitrogens with zero attached hydrogens (tertiary/aromatic N) is 2. The fraction of sp³-hybridized carbons (Fsp3) is 0.364. The number of carbonyl (C=O) groups excluding carboxylic acids is 2. The zero-order valence-corrected chi connectivity index (χ0v) is 16.4. The largest absolute Gasteiger partial charge is 0.339 e. The Morgan fingerprint density at radius 1 is 1.07 bits per heavy atom. The highest BCUT2D eigenvalue weighted by Crippen LogP contribution is 2.36. The van der Waals surface area contributed by atoms with Crippen LogP contribution in [0.1, 0.15) is 24.0 Å². The molecule has 0 aliphatic carbocycles. The molecule has 2 heterocycles. The first kappa shape index (κ1) is 18.3. The minimum atomic E-state index is -0.572. The van der Waals surface area contributed by atoms with Crippen LogP contribution in [0.2, 0.25) is 0 Å². The van der Waals surface area contributed by atoms with E-state index in [9.17, 15) is 9.59 Å². The van der Waals surface area contributed by atoms with E-state index in [4.69, 9.17) is 0 Å². The van der Waals surface area contributed by atoms with E-state index >= 15 is 0 Å². The van der Waals surface area contributed by atoms with Crippen molar-refractivity contribution in [3.8, 4) is 0 Å². The van der Waals surface area contributed by atoms with Crippen molar-refractivity contribution >= 4 is 23.3 Å². The topological polar surface area (TPSA) is 64.7 Å². The average molecular weight is 378 g/mol. The van der Waals surface area contributed by atoms with Crippen LogP contribution in [0.15, 0.2) is 48.5 Å². The normalized spacial score (nSPS) is 18.3. The minimum Gasteiger partial charge on any atom is -0.339 e. The first-order valence-electron chi connectivity index (χ1n) is 9.74. The average Bonchev–Trinajstić information content (AvgIpc) is 3.02. The summed E-state index contributed by atoms with van der Waals surface area (Å²) < 4.78 is 0. The molecular weight excluding hydrogens is 352 g/mol. The summed E-state index contributed by atoms with van der Waals surface area (Å²) in [6, 6.07) is 15.9. The molecule has 4 rings (SSSR count). The summed E-state index contributed by atoms with van der Waals surface area (Å²) >= 11 is 0. The summed E-state index contributed by atoms with van der Waals surface area (Å²) in [5.41, 5.74) is 3.46. The first-order chi connectivity index (χ1) is 13.5. The standard InChI is InChI=1S/C22H26N4O2/c1-16-8-9-17(2)19(14-16)24-21(28)25-12-10-22(11-13-25)20(27)23-15-26(22)18-6-4-3-5-7-18/h3-9,14H,10-13,15H2,1-2H3,(H,23,27)(H,24,28). The van der Waals surface area contributed by atoms with E-state index in [-0.39, 0.29) is 11.9 Å². The summed E-state index contributed by atoms with van der Waals surface area (Å²) in [4.78, 5) is 29.4. The van der Waals surface area contributed by atoms with E-state index in [2.05, 4.69) is 15.5 Å². The number of nitrogens with one attached hydrogen (secondary N) is 2. The van der Waals surface area contributed by atoms with Gasteiger partial charge in [0, 0.05) is 24.5 Å². The Hall–Kier alpha value is -3.02. The molecule has 0 radical (unpaired) electrons. The van der Waals surface area contributed by atoms with Crippen LogP contribution in [0.25, 0.3) is 0 Å². The van der Waals surface area contributed by atoms with Gasteiger partial charge in [0.2, 0.25) is 5.91 Å². The lowest BCUT2D eigenvalue weighted by Crippen LogP contribution is -2.57. The fourth-order valence-electron chi connectivity index (χ4n) is 4.18. The van der Waals surface area contributed by atoms with Gasteiger partial charge in [0.05, 0.1) is 6.67 Å². The first-order valence-corrected chi connectivity index (χ1v) is 9.74. The van der Waals surface area contributed by atoms with Crippen molar-refractivity contribution in [2.75, 3.05) is 30.0 Å². The van der Waals surface area contributed by atoms with Gasteiger partial charge in [-0.25, -0.2) is 4.79 Å². The predicted molar refractivity (Wildman–Crippen MR) is 110 cm³/mol. The Morgan fingerprint density at radius 3 is 2.50 bits per heavy atom. The number of aryl methyl sites for hydroxylation is 2. The number of piperidine rings is 1. The van der Waals surface area contributed by atoms with Gasteiger partial charge in [0.25, 0.3) is 0 Å². The molecule has 6 nitrogen and oxygen atoms in total. The minimum absolute atomic E-state index is 0.0611. The van der Waals surface area contributed by atoms with E-state index in [0.29, 0.717) is 32.6 Å². The quantitative estimate of drug-likeness (QED) is 0.843. The van der Waals surface area contributed by atoms with Gasteiger partial charge in [-0.1, -0.05) is 30.3 Å². The van der Waals surface area contributed by atoms with Crippen molar-refractivity contribution in [2.45, 2.75) is 32.2 Å². The Labute approximate surface area is 165 Å². The van der Waals surface area contributed by atoms with Crippen molar-refractivity contribution < 1.29 is 9.59 Å². The number of rotatable bonds is 2. The van der Waals surface area contributed by atoms with Crippen molar-refractivity contribution in [1.29, 1.82) is 0 Å². The van der Waals surface area contributed by atoms with Gasteiger partial charge in [-0.15, -0.1) is 0 Å². The number of urea groups is 1. The molecule has 2 saturated heterocycles. The number of hydrogen-bond acceptors (Lipinski definition) is 3. The van der Waals surface area contributed by atoms with E-state index in [1.807, 2.05) is 67.3 Å². The van der Waals surface area contributed by atoms with Crippen LogP contribution in [-0.4, -0.2) is 42.1 Å². The van der Waals surface area contributed by atoms with Crippen molar-refractivity contribution in [3.05, 3.63) is 59.7 Å². The zero-order valence-electron chi connectivity index (χ0n) is 16.4. The maximum Gasteiger partial charge on any atom is 0.321 e. The van der Waals surface area contributed by atoms with Crippen LogP contribution in [0.3, 0.4) is 0 Å². The Bertz CT molecular complexity index is 889. The third-order valence-electron chi connectivity index (χ3n) is 5.92. The highest BCUT2D eigenvalue weighted by atomic mass is 16.2. The molecule has 0 aromatic heterocycles. The van der Waals surface area contributed by atoms with Crippen LogP contribution < -0.4 is 15.5 Å². The highest BCUT2D eigenvalue weighted by Gasteiger charge is 2.50. The van der Waals surface area contributed by atoms with Gasteiger partial charge in [-0.05, 0) is 56.0 Å². The third-order valence-corrected chi connectivity index (χ3v) is 5.92. The van der Waals surface area contributed by atoms with Crippen molar-refractivity contribution in [2.24, 2.45) is 0 Å². The van der Waals surface area contributed by atoms with Crippen LogP contribution in [0, 0.1) is 13.8 Å². The van der Waals surface area contributed by atoms with Crippen LogP contribution in [0.5, 0.6) is 0 Å². The van der Waals surface area contributed by atoms with Crippen LogP contribution in [-0.2, 0) is 4.79 Å². The van der Waals surface area contributed by atoms with Crippen molar-refractivity contribution in [1.82, 2.24) is 10.2 Å². The molecule has 0 bridgehead atoms. The highest BCUT2D eigenvalue weighted by molar-refractivity contribution is 5.94. The van der Waals surface area contributed by atoms with Crippen LogP contribution in [0.4, 0.5) is 16.2 Å². The lowest BCUT2D eigenvalue weighted by Gasteiger charge is -2.43. The van der Waals surface area contributed by atoms with Gasteiger partial charge < -0.3 is 20.4 Å². The molecule has 2 aliphatic rings. The summed E-state index contributed by atoms with van der Waals surface area (Å²) in [7, 11) is 0. The van der Waals surface area contributed by atoms with Gasteiger partial charge in [-0.2, -0.15) is 0 Å². The van der Waals surface area contributed by atoms with E-state index < -0.39 is 5.54 Å². The van der Waals surface area contributed by atoms with E-state index in [0.717, 1.165) is 22.5 Å². The van der Waals surface area contributed by atoms with E-state index in [1.165, 1.54) is 0 Å². The van der Waals surface area contributed by atoms with E-state index in [1.54, 1.807) is 0 Å². The molecule has 1 spiro atoms. The van der Waals surface area contributed by atoms with Crippen LogP contribution >= 0.6 is 0 Å². The lowest BCUT2D eigenvalue weighted by molar-refractivity contribution is -0.124. The second-order valence-electron chi connectivity index (χ2n) is 7.69. The molecule has 0 unspecified atom stereocenters. The Kier molecular flexibility index (Phi) is 4.71. The summed E-state index contributed by atoms with van der Waals surface area (Å²) in [6.07, 6.45) is 1.24. The number of carbonyl (C=O) groups is 2. The van der Waals surface area contributed by atoms with Gasteiger partial charge in [0.15, 0.2) is 0 Å². The Balaban J connectivity index is 1.46. The number of hydrogen-bond donors (Lipinski definition) is 2. The van der Waals surface area contributed by atoms with Gasteiger partial charge in [0.1, 0.15) is 5.54 Å². The predicted octanol–water partition coefficient (Wildman–Crippen LogP) is 3.26. The molecule has 2 N–H and O–H groups in total. The molecule has 3 amide bonds. The number of likely N-dealkylation sites (tertiary alicyclic amines) is 1. The summed E-state index contributed by atoms with van der Waals surface area (Å²) in [5, 5.41) is 6.02. The van der Waals surface area contributed by atoms with Crippen molar-refractivity contribution in [3.63, 3.8) is 0 Å². The molecule has 6 heteroatoms. The maximum absolute atomic E-state index is 12.8. The molecule has 2 aromatic carbocycles. The number of amides is 3. The molecule has 2 fully saturated rings. The number of anilines is 2. The molecular formula is C22H26N4O2. The smallest absolute Gasteiger partial charge is 0.321 e. The zero-order chi connectivity index (χ0) is 19.7. The monoisotopic (exact) mass is 378 g/mol. The molecule has 0 saturated carbocycles. The molecule has 2 aliphatic heterocycles. The fourth-order valence-corrected chi connectivity index (χ4v) is 4.18. The lowest BCUT2D eigenvalue weighted by atomic mass is 9.85. The summed E-state index contributed by atoms with van der Waals surface area (Å²) in [6.45, 7) is 5.61. The third kappa shape index (κ3) is 3.19. The maximum atomic E-state index is 12.8. The van der Waals surface area contributed by atoms with Gasteiger partial charge in [-0.3, -0.25) is 4.79 Å². The molecule has 146 valence electrons. The second-order valence-corrected chi connectivity index (χ2v) is 7.69.